The van der Waals surface area contributed by atoms with E-state index < -0.39 is 16.1 Å². The van der Waals surface area contributed by atoms with Gasteiger partial charge >= 0.3 is 0 Å². The number of amides is 2. The van der Waals surface area contributed by atoms with Crippen LogP contribution in [0.15, 0.2) is 83.3 Å². The summed E-state index contributed by atoms with van der Waals surface area (Å²) in [5, 5.41) is 2.99. The van der Waals surface area contributed by atoms with Crippen LogP contribution < -0.4 is 14.4 Å². The molecule has 0 radical (unpaired) electrons. The molecule has 0 aliphatic rings. The molecule has 1 N–H and O–H groups in total. The SMILES string of the molecule is CCOc1ccccc1N(CCCC(=O)N(Cc1cccc(Br)c1)[C@H](Cc1ccccc1)C(=O)NC(C)C)S(C)(=O)=O. The molecule has 3 aromatic carbocycles. The Kier molecular flexibility index (Phi) is 12.4. The number of halogens is 1. The molecular weight excluding hydrogens is 618 g/mol. The van der Waals surface area contributed by atoms with E-state index in [4.69, 9.17) is 4.74 Å². The molecule has 10 heteroatoms. The molecule has 3 aromatic rings. The Hall–Kier alpha value is -3.37. The summed E-state index contributed by atoms with van der Waals surface area (Å²) < 4.78 is 33.4. The predicted molar refractivity (Wildman–Crippen MR) is 171 cm³/mol. The van der Waals surface area contributed by atoms with Gasteiger partial charge in [-0.15, -0.1) is 0 Å². The summed E-state index contributed by atoms with van der Waals surface area (Å²) in [7, 11) is -3.66. The van der Waals surface area contributed by atoms with Crippen molar-refractivity contribution in [2.24, 2.45) is 0 Å². The highest BCUT2D eigenvalue weighted by Gasteiger charge is 2.31. The van der Waals surface area contributed by atoms with Crippen LogP contribution in [0.3, 0.4) is 0 Å². The number of sulfonamides is 1. The van der Waals surface area contributed by atoms with E-state index in [2.05, 4.69) is 21.2 Å². The minimum absolute atomic E-state index is 0.0527. The van der Waals surface area contributed by atoms with E-state index in [1.807, 2.05) is 75.4 Å². The zero-order valence-electron chi connectivity index (χ0n) is 24.6. The summed E-state index contributed by atoms with van der Waals surface area (Å²) in [5.41, 5.74) is 2.24. The second-order valence-electron chi connectivity index (χ2n) is 10.4. The number of nitrogens with one attached hydrogen (secondary N) is 1. The van der Waals surface area contributed by atoms with Gasteiger partial charge < -0.3 is 15.0 Å². The number of ether oxygens (including phenoxy) is 1. The topological polar surface area (TPSA) is 96.0 Å². The lowest BCUT2D eigenvalue weighted by Crippen LogP contribution is -2.51. The van der Waals surface area contributed by atoms with Crippen molar-refractivity contribution < 1.29 is 22.7 Å². The van der Waals surface area contributed by atoms with Crippen LogP contribution in [0.25, 0.3) is 0 Å². The van der Waals surface area contributed by atoms with Crippen molar-refractivity contribution in [3.8, 4) is 5.75 Å². The van der Waals surface area contributed by atoms with E-state index in [9.17, 15) is 18.0 Å². The molecule has 0 heterocycles. The van der Waals surface area contributed by atoms with Gasteiger partial charge in [-0.2, -0.15) is 0 Å². The first kappa shape index (κ1) is 33.1. The Morgan fingerprint density at radius 1 is 0.952 bits per heavy atom. The zero-order valence-corrected chi connectivity index (χ0v) is 27.0. The molecule has 3 rings (SSSR count). The van der Waals surface area contributed by atoms with Gasteiger partial charge in [0.1, 0.15) is 11.8 Å². The number of carbonyl (C=O) groups excluding carboxylic acids is 2. The second kappa shape index (κ2) is 15.7. The molecule has 1 atom stereocenters. The van der Waals surface area contributed by atoms with Gasteiger partial charge in [0.2, 0.25) is 21.8 Å². The first-order valence-electron chi connectivity index (χ1n) is 14.1. The van der Waals surface area contributed by atoms with Crippen LogP contribution in [-0.4, -0.2) is 56.6 Å². The maximum Gasteiger partial charge on any atom is 0.243 e. The highest BCUT2D eigenvalue weighted by molar-refractivity contribution is 9.10. The number of rotatable bonds is 15. The normalized spacial score (nSPS) is 12.0. The van der Waals surface area contributed by atoms with Gasteiger partial charge in [0.05, 0.1) is 18.6 Å². The summed E-state index contributed by atoms with van der Waals surface area (Å²) in [6, 6.07) is 23.3. The van der Waals surface area contributed by atoms with E-state index in [1.54, 1.807) is 29.2 Å². The molecule has 0 unspecified atom stereocenters. The minimum atomic E-state index is -3.66. The molecule has 0 bridgehead atoms. The quantitative estimate of drug-likeness (QED) is 0.231. The van der Waals surface area contributed by atoms with Crippen LogP contribution in [0.2, 0.25) is 0 Å². The lowest BCUT2D eigenvalue weighted by molar-refractivity contribution is -0.141. The van der Waals surface area contributed by atoms with Gasteiger partial charge in [0.25, 0.3) is 0 Å². The number of hydrogen-bond donors (Lipinski definition) is 1. The van der Waals surface area contributed by atoms with E-state index >= 15 is 0 Å². The van der Waals surface area contributed by atoms with Crippen molar-refractivity contribution in [3.05, 3.63) is 94.5 Å². The van der Waals surface area contributed by atoms with E-state index in [0.29, 0.717) is 24.5 Å². The van der Waals surface area contributed by atoms with Gasteiger partial charge in [0.15, 0.2) is 0 Å². The fraction of sp³-hybridized carbons (Fsp3) is 0.375. The van der Waals surface area contributed by atoms with Crippen molar-refractivity contribution in [3.63, 3.8) is 0 Å². The molecule has 0 spiro atoms. The Morgan fingerprint density at radius 3 is 2.26 bits per heavy atom. The zero-order chi connectivity index (χ0) is 30.7. The highest BCUT2D eigenvalue weighted by atomic mass is 79.9. The Balaban J connectivity index is 1.90. The van der Waals surface area contributed by atoms with Gasteiger partial charge in [-0.1, -0.05) is 70.5 Å². The number of hydrogen-bond acceptors (Lipinski definition) is 5. The fourth-order valence-electron chi connectivity index (χ4n) is 4.69. The van der Waals surface area contributed by atoms with Gasteiger partial charge in [0, 0.05) is 36.4 Å². The number of para-hydroxylation sites is 2. The second-order valence-corrected chi connectivity index (χ2v) is 13.2. The molecule has 0 aliphatic carbocycles. The fourth-order valence-corrected chi connectivity index (χ4v) is 6.11. The number of benzene rings is 3. The Morgan fingerprint density at radius 2 is 1.62 bits per heavy atom. The van der Waals surface area contributed by atoms with Crippen molar-refractivity contribution in [1.82, 2.24) is 10.2 Å². The third kappa shape index (κ3) is 9.87. The predicted octanol–water partition coefficient (Wildman–Crippen LogP) is 5.56. The Bertz CT molecular complexity index is 1430. The third-order valence-electron chi connectivity index (χ3n) is 6.53. The molecule has 42 heavy (non-hydrogen) atoms. The summed E-state index contributed by atoms with van der Waals surface area (Å²) >= 11 is 3.50. The summed E-state index contributed by atoms with van der Waals surface area (Å²) in [6.45, 7) is 6.31. The van der Waals surface area contributed by atoms with Gasteiger partial charge in [-0.25, -0.2) is 8.42 Å². The standard InChI is InChI=1S/C32H40BrN3O5S/c1-5-41-30-18-10-9-17-28(30)36(42(4,39)40)20-12-19-31(37)35(23-26-15-11-16-27(33)21-26)29(32(38)34-24(2)3)22-25-13-7-6-8-14-25/h6-11,13-18,21,24,29H,5,12,19-20,22-23H2,1-4H3,(H,34,38)/t29-/m1/s1. The maximum absolute atomic E-state index is 13.9. The molecular formula is C32H40BrN3O5S. The van der Waals surface area contributed by atoms with E-state index in [-0.39, 0.29) is 43.8 Å². The molecule has 226 valence electrons. The van der Waals surface area contributed by atoms with Gasteiger partial charge in [-0.3, -0.25) is 13.9 Å². The first-order chi connectivity index (χ1) is 20.0. The summed E-state index contributed by atoms with van der Waals surface area (Å²) in [4.78, 5) is 29.1. The molecule has 0 saturated heterocycles. The van der Waals surface area contributed by atoms with Crippen LogP contribution >= 0.6 is 15.9 Å². The molecule has 8 nitrogen and oxygen atoms in total. The summed E-state index contributed by atoms with van der Waals surface area (Å²) in [6.07, 6.45) is 1.79. The van der Waals surface area contributed by atoms with Crippen molar-refractivity contribution in [2.45, 2.75) is 58.7 Å². The summed E-state index contributed by atoms with van der Waals surface area (Å²) in [5.74, 6) is -0.0109. The lowest BCUT2D eigenvalue weighted by atomic mass is 10.0. The maximum atomic E-state index is 13.9. The van der Waals surface area contributed by atoms with Crippen molar-refractivity contribution >= 4 is 43.5 Å². The van der Waals surface area contributed by atoms with Crippen molar-refractivity contribution in [2.75, 3.05) is 23.7 Å². The number of nitrogens with zero attached hydrogens (tertiary/aromatic N) is 2. The first-order valence-corrected chi connectivity index (χ1v) is 16.7. The number of anilines is 1. The van der Waals surface area contributed by atoms with Gasteiger partial charge in [-0.05, 0) is 62.6 Å². The average Bonchev–Trinajstić information content (AvgIpc) is 2.93. The molecule has 0 aromatic heterocycles. The van der Waals surface area contributed by atoms with Crippen LogP contribution in [0, 0.1) is 0 Å². The molecule has 0 fully saturated rings. The minimum Gasteiger partial charge on any atom is -0.492 e. The van der Waals surface area contributed by atoms with Crippen molar-refractivity contribution in [1.29, 1.82) is 0 Å². The van der Waals surface area contributed by atoms with Crippen LogP contribution in [0.4, 0.5) is 5.69 Å². The highest BCUT2D eigenvalue weighted by Crippen LogP contribution is 2.30. The smallest absolute Gasteiger partial charge is 0.243 e. The number of carbonyl (C=O) groups is 2. The van der Waals surface area contributed by atoms with Crippen LogP contribution in [0.5, 0.6) is 5.75 Å². The average molecular weight is 659 g/mol. The van der Waals surface area contributed by atoms with Crippen LogP contribution in [-0.2, 0) is 32.6 Å². The van der Waals surface area contributed by atoms with Crippen LogP contribution in [0.1, 0.15) is 44.7 Å². The molecule has 0 saturated carbocycles. The lowest BCUT2D eigenvalue weighted by Gasteiger charge is -2.32. The molecule has 2 amide bonds. The van der Waals surface area contributed by atoms with E-state index in [1.165, 1.54) is 4.31 Å². The third-order valence-corrected chi connectivity index (χ3v) is 8.20. The largest absolute Gasteiger partial charge is 0.492 e. The molecule has 0 aliphatic heterocycles. The Labute approximate surface area is 258 Å². The monoisotopic (exact) mass is 657 g/mol. The van der Waals surface area contributed by atoms with E-state index in [0.717, 1.165) is 21.9 Å².